The zero-order chi connectivity index (χ0) is 5.21. The summed E-state index contributed by atoms with van der Waals surface area (Å²) in [6, 6.07) is 0. The molecule has 0 aliphatic carbocycles. The van der Waals surface area contributed by atoms with Crippen LogP contribution in [0, 0.1) is 0 Å². The zero-order valence-corrected chi connectivity index (χ0v) is 8.08. The summed E-state index contributed by atoms with van der Waals surface area (Å²) in [6.07, 6.45) is 0. The summed E-state index contributed by atoms with van der Waals surface area (Å²) in [7, 11) is -3.29. The van der Waals surface area contributed by atoms with Crippen molar-refractivity contribution in [1.82, 2.24) is 0 Å². The smallest absolute Gasteiger partial charge is 1.00 e. The molecule has 6 heteroatoms. The Kier molecular flexibility index (Phi) is 6.79. The van der Waals surface area contributed by atoms with Crippen molar-refractivity contribution in [2.75, 3.05) is 7.11 Å². The van der Waals surface area contributed by atoms with Gasteiger partial charge in [0.2, 0.25) is 0 Å². The van der Waals surface area contributed by atoms with Gasteiger partial charge in [-0.3, -0.25) is 8.74 Å². The zero-order valence-electron chi connectivity index (χ0n) is 5.79. The van der Waals surface area contributed by atoms with Gasteiger partial charge in [0.25, 0.3) is 0 Å². The molecule has 0 aromatic rings. The quantitative estimate of drug-likeness (QED) is 0.450. The SMILES string of the molecule is COS(=O)(=O)O.[H-].[H-].[Sr+2]. The van der Waals surface area contributed by atoms with Crippen LogP contribution in [0.2, 0.25) is 0 Å². The van der Waals surface area contributed by atoms with Crippen molar-refractivity contribution in [2.45, 2.75) is 0 Å². The summed E-state index contributed by atoms with van der Waals surface area (Å²) in [5.41, 5.74) is 0. The van der Waals surface area contributed by atoms with Gasteiger partial charge in [-0.05, 0) is 0 Å². The van der Waals surface area contributed by atoms with E-state index in [1.807, 2.05) is 0 Å². The van der Waals surface area contributed by atoms with Crippen LogP contribution in [0.15, 0.2) is 0 Å². The fourth-order valence-electron chi connectivity index (χ4n) is 0. The van der Waals surface area contributed by atoms with Crippen LogP contribution in [0.1, 0.15) is 2.85 Å². The molecule has 0 saturated carbocycles. The molecule has 42 valence electrons. The largest absolute Gasteiger partial charge is 2.00 e. The topological polar surface area (TPSA) is 63.6 Å². The number of hydrogen-bond acceptors (Lipinski definition) is 3. The molecule has 0 saturated heterocycles. The fourth-order valence-corrected chi connectivity index (χ4v) is 0. The molecule has 4 nitrogen and oxygen atoms in total. The molecule has 0 heterocycles. The van der Waals surface area contributed by atoms with Gasteiger partial charge in [-0.1, -0.05) is 0 Å². The molecule has 7 heavy (non-hydrogen) atoms. The van der Waals surface area contributed by atoms with E-state index in [-0.39, 0.29) is 48.3 Å². The molecule has 0 atom stereocenters. The first-order chi connectivity index (χ1) is 2.56. The van der Waals surface area contributed by atoms with Crippen molar-refractivity contribution in [3.63, 3.8) is 0 Å². The minimum atomic E-state index is -4.16. The second-order valence-corrected chi connectivity index (χ2v) is 1.78. The van der Waals surface area contributed by atoms with Crippen LogP contribution in [0.25, 0.3) is 0 Å². The van der Waals surface area contributed by atoms with Crippen LogP contribution in [-0.2, 0) is 14.6 Å². The van der Waals surface area contributed by atoms with Crippen molar-refractivity contribution in [3.8, 4) is 0 Å². The number of hydrogen-bond donors (Lipinski definition) is 1. The molecule has 0 aliphatic heterocycles. The van der Waals surface area contributed by atoms with Crippen LogP contribution in [-0.4, -0.2) is 65.6 Å². The van der Waals surface area contributed by atoms with E-state index >= 15 is 0 Å². The second kappa shape index (κ2) is 4.25. The van der Waals surface area contributed by atoms with Gasteiger partial charge in [0.15, 0.2) is 0 Å². The molecule has 0 radical (unpaired) electrons. The third-order valence-electron chi connectivity index (χ3n) is 0.211. The first-order valence-electron chi connectivity index (χ1n) is 1.09. The Hall–Kier alpha value is 1.35. The monoisotopic (exact) mass is 202 g/mol. The third-order valence-corrected chi connectivity index (χ3v) is 0.632. The Morgan fingerprint density at radius 2 is 1.86 bits per heavy atom. The first-order valence-corrected chi connectivity index (χ1v) is 2.46. The summed E-state index contributed by atoms with van der Waals surface area (Å²) < 4.78 is 29.7. The van der Waals surface area contributed by atoms with E-state index in [1.54, 1.807) is 0 Å². The average Bonchev–Trinajstić information content (AvgIpc) is 1.35. The van der Waals surface area contributed by atoms with Crippen LogP contribution in [0.5, 0.6) is 0 Å². The van der Waals surface area contributed by atoms with Crippen LogP contribution < -0.4 is 0 Å². The van der Waals surface area contributed by atoms with Crippen LogP contribution >= 0.6 is 0 Å². The normalized spacial score (nSPS) is 10.0. The standard InChI is InChI=1S/CH4O4S.Sr.2H/c1-5-6(2,3)4;;;/h1H3,(H,2,3,4);;;/q;+2;2*-1. The molecular weight excluding hydrogens is 196 g/mol. The van der Waals surface area contributed by atoms with Crippen LogP contribution in [0.4, 0.5) is 0 Å². The molecule has 1 N–H and O–H groups in total. The minimum absolute atomic E-state index is 0. The fraction of sp³-hybridized carbons (Fsp3) is 1.00. The summed E-state index contributed by atoms with van der Waals surface area (Å²) in [4.78, 5) is 0. The maximum atomic E-state index is 9.33. The Balaban J connectivity index is -0.0000000417. The number of rotatable bonds is 1. The van der Waals surface area contributed by atoms with Gasteiger partial charge in [-0.2, -0.15) is 8.42 Å². The molecule has 0 aromatic heterocycles. The van der Waals surface area contributed by atoms with E-state index in [0.29, 0.717) is 0 Å². The van der Waals surface area contributed by atoms with Gasteiger partial charge in [0.05, 0.1) is 7.11 Å². The van der Waals surface area contributed by atoms with Crippen molar-refractivity contribution in [2.24, 2.45) is 0 Å². The summed E-state index contributed by atoms with van der Waals surface area (Å²) in [6.45, 7) is 0. The van der Waals surface area contributed by atoms with Crippen molar-refractivity contribution >= 4 is 55.9 Å². The molecule has 0 aromatic carbocycles. The molecule has 0 aliphatic rings. The molecule has 0 amide bonds. The van der Waals surface area contributed by atoms with Gasteiger partial charge in [-0.25, -0.2) is 0 Å². The Morgan fingerprint density at radius 1 is 1.71 bits per heavy atom. The van der Waals surface area contributed by atoms with Crippen molar-refractivity contribution < 1.29 is 20.0 Å². The Labute approximate surface area is 82.0 Å². The molecule has 0 fully saturated rings. The molecule has 0 bridgehead atoms. The van der Waals surface area contributed by atoms with E-state index in [4.69, 9.17) is 4.55 Å². The third kappa shape index (κ3) is 11.1. The van der Waals surface area contributed by atoms with E-state index in [1.165, 1.54) is 0 Å². The molecule has 0 spiro atoms. The Morgan fingerprint density at radius 3 is 1.86 bits per heavy atom. The van der Waals surface area contributed by atoms with E-state index in [9.17, 15) is 8.42 Å². The van der Waals surface area contributed by atoms with Gasteiger partial charge >= 0.3 is 55.9 Å². The van der Waals surface area contributed by atoms with Gasteiger partial charge in [0, 0.05) is 0 Å². The second-order valence-electron chi connectivity index (χ2n) is 0.594. The minimum Gasteiger partial charge on any atom is -1.00 e. The maximum absolute atomic E-state index is 9.33. The molecular formula is CH6O4SSr. The van der Waals surface area contributed by atoms with Crippen LogP contribution in [0.3, 0.4) is 0 Å². The summed E-state index contributed by atoms with van der Waals surface area (Å²) in [5, 5.41) is 0. The van der Waals surface area contributed by atoms with Gasteiger partial charge in [-0.15, -0.1) is 0 Å². The molecule has 0 unspecified atom stereocenters. The predicted molar refractivity (Wildman–Crippen MR) is 26.5 cm³/mol. The van der Waals surface area contributed by atoms with Gasteiger partial charge < -0.3 is 2.85 Å². The average molecular weight is 202 g/mol. The first kappa shape index (κ1) is 11.2. The van der Waals surface area contributed by atoms with Crippen molar-refractivity contribution in [3.05, 3.63) is 0 Å². The van der Waals surface area contributed by atoms with Gasteiger partial charge in [0.1, 0.15) is 0 Å². The predicted octanol–water partition coefficient (Wildman–Crippen LogP) is -0.720. The summed E-state index contributed by atoms with van der Waals surface area (Å²) in [5.74, 6) is 0. The van der Waals surface area contributed by atoms with E-state index in [0.717, 1.165) is 7.11 Å². The van der Waals surface area contributed by atoms with E-state index in [2.05, 4.69) is 4.18 Å². The van der Waals surface area contributed by atoms with Crippen molar-refractivity contribution in [1.29, 1.82) is 0 Å². The summed E-state index contributed by atoms with van der Waals surface area (Å²) >= 11 is 0. The Bertz CT molecular complexity index is 121. The maximum Gasteiger partial charge on any atom is 2.00 e. The van der Waals surface area contributed by atoms with E-state index < -0.39 is 10.4 Å². The molecule has 0 rings (SSSR count).